The molecular formula is C44H28. The summed E-state index contributed by atoms with van der Waals surface area (Å²) >= 11 is 0. The maximum absolute atomic E-state index is 2.36. The van der Waals surface area contributed by atoms with E-state index < -0.39 is 0 Å². The zero-order chi connectivity index (χ0) is 29.0. The molecule has 0 saturated heterocycles. The van der Waals surface area contributed by atoms with Crippen molar-refractivity contribution in [3.63, 3.8) is 0 Å². The lowest BCUT2D eigenvalue weighted by Crippen LogP contribution is -1.85. The maximum Gasteiger partial charge on any atom is -0.00987 e. The van der Waals surface area contributed by atoms with Crippen LogP contribution in [0.5, 0.6) is 0 Å². The van der Waals surface area contributed by atoms with E-state index in [0.29, 0.717) is 0 Å². The fraction of sp³-hybridized carbons (Fsp3) is 0. The van der Waals surface area contributed by atoms with Gasteiger partial charge in [0.05, 0.1) is 0 Å². The van der Waals surface area contributed by atoms with Gasteiger partial charge in [0, 0.05) is 0 Å². The first kappa shape index (κ1) is 24.8. The molecule has 0 N–H and O–H groups in total. The summed E-state index contributed by atoms with van der Waals surface area (Å²) in [6.45, 7) is 0. The van der Waals surface area contributed by atoms with Crippen LogP contribution in [-0.2, 0) is 0 Å². The lowest BCUT2D eigenvalue weighted by molar-refractivity contribution is 1.59. The lowest BCUT2D eigenvalue weighted by atomic mass is 9.92. The summed E-state index contributed by atoms with van der Waals surface area (Å²) < 4.78 is 0. The average molecular weight is 557 g/mol. The van der Waals surface area contributed by atoms with E-state index >= 15 is 0 Å². The topological polar surface area (TPSA) is 0 Å². The van der Waals surface area contributed by atoms with E-state index in [-0.39, 0.29) is 0 Å². The maximum atomic E-state index is 2.36. The molecule has 0 heterocycles. The van der Waals surface area contributed by atoms with Crippen LogP contribution in [-0.4, -0.2) is 0 Å². The van der Waals surface area contributed by atoms with Crippen LogP contribution in [0.25, 0.3) is 87.2 Å². The first-order chi connectivity index (χ1) is 21.8. The van der Waals surface area contributed by atoms with E-state index in [4.69, 9.17) is 0 Å². The summed E-state index contributed by atoms with van der Waals surface area (Å²) in [4.78, 5) is 0. The molecule has 0 aliphatic rings. The number of benzene rings is 9. The third-order valence-electron chi connectivity index (χ3n) is 9.22. The second-order valence-corrected chi connectivity index (χ2v) is 11.8. The highest BCUT2D eigenvalue weighted by Gasteiger charge is 2.09. The molecule has 0 unspecified atom stereocenters. The SMILES string of the molecule is c1cc(-c2cccc(-c3ccc4ccc5c6ccccc6ccc5c4c3)c2)cc(-c2ccc3ccc4ccccc4c3c2)c1. The molecule has 0 aliphatic heterocycles. The van der Waals surface area contributed by atoms with E-state index in [2.05, 4.69) is 170 Å². The van der Waals surface area contributed by atoms with Crippen molar-refractivity contribution in [3.8, 4) is 33.4 Å². The molecule has 9 rings (SSSR count). The molecule has 9 aromatic rings. The van der Waals surface area contributed by atoms with Gasteiger partial charge < -0.3 is 0 Å². The lowest BCUT2D eigenvalue weighted by Gasteiger charge is -2.12. The predicted molar refractivity (Wildman–Crippen MR) is 190 cm³/mol. The average Bonchev–Trinajstić information content (AvgIpc) is 3.11. The highest BCUT2D eigenvalue weighted by Crippen LogP contribution is 2.36. The first-order valence-electron chi connectivity index (χ1n) is 15.3. The summed E-state index contributed by atoms with van der Waals surface area (Å²) in [7, 11) is 0. The number of fused-ring (bicyclic) bond motifs is 8. The van der Waals surface area contributed by atoms with Gasteiger partial charge in [-0.3, -0.25) is 0 Å². The summed E-state index contributed by atoms with van der Waals surface area (Å²) in [5, 5.41) is 12.9. The van der Waals surface area contributed by atoms with Crippen LogP contribution in [0.1, 0.15) is 0 Å². The number of hydrogen-bond donors (Lipinski definition) is 0. The zero-order valence-corrected chi connectivity index (χ0v) is 24.2. The van der Waals surface area contributed by atoms with Gasteiger partial charge in [0.2, 0.25) is 0 Å². The van der Waals surface area contributed by atoms with Crippen LogP contribution >= 0.6 is 0 Å². The normalized spacial score (nSPS) is 11.6. The number of rotatable bonds is 3. The second-order valence-electron chi connectivity index (χ2n) is 11.8. The van der Waals surface area contributed by atoms with Gasteiger partial charge in [-0.1, -0.05) is 146 Å². The van der Waals surface area contributed by atoms with Crippen molar-refractivity contribution in [2.45, 2.75) is 0 Å². The summed E-state index contributed by atoms with van der Waals surface area (Å²) in [5.74, 6) is 0. The van der Waals surface area contributed by atoms with Crippen molar-refractivity contribution in [1.29, 1.82) is 0 Å². The van der Waals surface area contributed by atoms with Crippen molar-refractivity contribution < 1.29 is 0 Å². The Labute approximate surface area is 256 Å². The molecule has 0 fully saturated rings. The zero-order valence-electron chi connectivity index (χ0n) is 24.2. The minimum Gasteiger partial charge on any atom is -0.0616 e. The minimum absolute atomic E-state index is 1.22. The highest BCUT2D eigenvalue weighted by atomic mass is 14.1. The number of hydrogen-bond acceptors (Lipinski definition) is 0. The monoisotopic (exact) mass is 556 g/mol. The minimum atomic E-state index is 1.22. The Morgan fingerprint density at radius 1 is 0.182 bits per heavy atom. The molecular weight excluding hydrogens is 528 g/mol. The Hall–Kier alpha value is -5.72. The fourth-order valence-corrected chi connectivity index (χ4v) is 6.94. The van der Waals surface area contributed by atoms with E-state index in [1.807, 2.05) is 0 Å². The van der Waals surface area contributed by atoms with Crippen molar-refractivity contribution in [1.82, 2.24) is 0 Å². The van der Waals surface area contributed by atoms with Gasteiger partial charge in [-0.25, -0.2) is 0 Å². The standard InChI is InChI=1S/C44H28/c1-3-13-39-30(8-1)21-24-42-41(39)23-22-32-18-20-38(28-44(32)42)36-12-6-10-34(26-36)33-9-5-11-35(25-33)37-19-17-31-16-15-29-7-2-4-14-40(29)43(31)27-37/h1-28H. The molecule has 0 heteroatoms. The first-order valence-corrected chi connectivity index (χ1v) is 15.3. The quantitative estimate of drug-likeness (QED) is 0.190. The van der Waals surface area contributed by atoms with Crippen LogP contribution in [0, 0.1) is 0 Å². The molecule has 204 valence electrons. The molecule has 0 radical (unpaired) electrons. The van der Waals surface area contributed by atoms with Gasteiger partial charge in [-0.05, 0) is 112 Å². The van der Waals surface area contributed by atoms with Crippen LogP contribution in [0.2, 0.25) is 0 Å². The van der Waals surface area contributed by atoms with E-state index in [9.17, 15) is 0 Å². The Morgan fingerprint density at radius 3 is 1.05 bits per heavy atom. The molecule has 0 aromatic heterocycles. The third-order valence-corrected chi connectivity index (χ3v) is 9.22. The van der Waals surface area contributed by atoms with Gasteiger partial charge >= 0.3 is 0 Å². The Morgan fingerprint density at radius 2 is 0.523 bits per heavy atom. The van der Waals surface area contributed by atoms with Crippen LogP contribution in [0.15, 0.2) is 170 Å². The highest BCUT2D eigenvalue weighted by molar-refractivity contribution is 6.17. The molecule has 0 spiro atoms. The molecule has 0 atom stereocenters. The predicted octanol–water partition coefficient (Wildman–Crippen LogP) is 12.5. The van der Waals surface area contributed by atoms with Gasteiger partial charge in [-0.2, -0.15) is 0 Å². The Bertz CT molecular complexity index is 2550. The fourth-order valence-electron chi connectivity index (χ4n) is 6.94. The molecule has 0 bridgehead atoms. The van der Waals surface area contributed by atoms with Gasteiger partial charge in [0.25, 0.3) is 0 Å². The van der Waals surface area contributed by atoms with Crippen molar-refractivity contribution in [2.75, 3.05) is 0 Å². The van der Waals surface area contributed by atoms with Gasteiger partial charge in [-0.15, -0.1) is 0 Å². The van der Waals surface area contributed by atoms with Crippen molar-refractivity contribution in [3.05, 3.63) is 170 Å². The van der Waals surface area contributed by atoms with E-state index in [0.717, 1.165) is 0 Å². The molecule has 0 saturated carbocycles. The van der Waals surface area contributed by atoms with E-state index in [1.54, 1.807) is 0 Å². The Balaban J connectivity index is 1.13. The second kappa shape index (κ2) is 9.93. The molecule has 0 aliphatic carbocycles. The molecule has 0 amide bonds. The van der Waals surface area contributed by atoms with E-state index in [1.165, 1.54) is 87.2 Å². The van der Waals surface area contributed by atoms with Crippen LogP contribution in [0.4, 0.5) is 0 Å². The summed E-state index contributed by atoms with van der Waals surface area (Å²) in [6, 6.07) is 62.4. The summed E-state index contributed by atoms with van der Waals surface area (Å²) in [6.07, 6.45) is 0. The Kier molecular flexibility index (Phi) is 5.61. The smallest absolute Gasteiger partial charge is 0.00987 e. The summed E-state index contributed by atoms with van der Waals surface area (Å²) in [5.41, 5.74) is 7.37. The molecule has 44 heavy (non-hydrogen) atoms. The van der Waals surface area contributed by atoms with Crippen LogP contribution < -0.4 is 0 Å². The van der Waals surface area contributed by atoms with Gasteiger partial charge in [0.15, 0.2) is 0 Å². The van der Waals surface area contributed by atoms with Crippen molar-refractivity contribution in [2.24, 2.45) is 0 Å². The van der Waals surface area contributed by atoms with Crippen LogP contribution in [0.3, 0.4) is 0 Å². The molecule has 0 nitrogen and oxygen atoms in total. The van der Waals surface area contributed by atoms with Gasteiger partial charge in [0.1, 0.15) is 0 Å². The largest absolute Gasteiger partial charge is 0.0616 e. The van der Waals surface area contributed by atoms with Crippen molar-refractivity contribution >= 4 is 53.9 Å². The molecule has 9 aromatic carbocycles. The third kappa shape index (κ3) is 4.07.